The highest BCUT2D eigenvalue weighted by atomic mass is 32.2. The SMILES string of the molecule is COC1CCS(=O)(=O)c2c(C)cc(C(=O)c3c(C)nn(C)c3OS(=O)(=O)c3ccc(C)cc3)c(C)c21. The largest absolute Gasteiger partial charge is 0.377 e. The standard InChI is InChI=1S/C25H28N2O7S2/c1-14-7-9-18(10-8-14)36(31,32)34-25-22(17(4)26-27(25)5)23(28)19-13-15(2)24-21(16(19)3)20(33-6)11-12-35(24,29)30/h7-10,13,20H,11-12H2,1-6H3. The van der Waals surface area contributed by atoms with E-state index in [1.807, 2.05) is 6.92 Å². The Labute approximate surface area is 211 Å². The number of hydrogen-bond acceptors (Lipinski definition) is 8. The maximum atomic E-state index is 13.9. The lowest BCUT2D eigenvalue weighted by Crippen LogP contribution is -2.25. The van der Waals surface area contributed by atoms with Gasteiger partial charge in [-0.05, 0) is 63.4 Å². The Balaban J connectivity index is 1.86. The highest BCUT2D eigenvalue weighted by molar-refractivity contribution is 7.91. The second-order valence-electron chi connectivity index (χ2n) is 9.01. The van der Waals surface area contributed by atoms with Crippen molar-refractivity contribution in [1.82, 2.24) is 9.78 Å². The Morgan fingerprint density at radius 2 is 1.75 bits per heavy atom. The number of carbonyl (C=O) groups is 1. The second kappa shape index (κ2) is 9.13. The maximum absolute atomic E-state index is 13.9. The van der Waals surface area contributed by atoms with Crippen LogP contribution in [0.1, 0.15) is 56.4 Å². The van der Waals surface area contributed by atoms with Crippen LogP contribution in [-0.2, 0) is 31.7 Å². The molecular weight excluding hydrogens is 504 g/mol. The van der Waals surface area contributed by atoms with Gasteiger partial charge in [-0.1, -0.05) is 17.7 Å². The number of carbonyl (C=O) groups excluding carboxylic acids is 1. The molecule has 11 heteroatoms. The van der Waals surface area contributed by atoms with Crippen molar-refractivity contribution in [3.05, 3.63) is 69.4 Å². The molecule has 0 fully saturated rings. The van der Waals surface area contributed by atoms with Gasteiger partial charge in [0.25, 0.3) is 0 Å². The van der Waals surface area contributed by atoms with Crippen LogP contribution < -0.4 is 4.18 Å². The molecule has 0 saturated heterocycles. The molecule has 3 aromatic rings. The van der Waals surface area contributed by atoms with Crippen molar-refractivity contribution in [3.63, 3.8) is 0 Å². The molecule has 1 aliphatic heterocycles. The van der Waals surface area contributed by atoms with E-state index in [1.165, 1.54) is 37.0 Å². The molecule has 0 N–H and O–H groups in total. The van der Waals surface area contributed by atoms with Gasteiger partial charge < -0.3 is 8.92 Å². The van der Waals surface area contributed by atoms with E-state index in [1.54, 1.807) is 32.9 Å². The summed E-state index contributed by atoms with van der Waals surface area (Å²) in [4.78, 5) is 14.0. The van der Waals surface area contributed by atoms with Gasteiger partial charge >= 0.3 is 10.1 Å². The Kier molecular flexibility index (Phi) is 6.61. The summed E-state index contributed by atoms with van der Waals surface area (Å²) in [7, 11) is -4.79. The predicted molar refractivity (Wildman–Crippen MR) is 133 cm³/mol. The maximum Gasteiger partial charge on any atom is 0.340 e. The van der Waals surface area contributed by atoms with Crippen molar-refractivity contribution in [2.24, 2.45) is 7.05 Å². The molecule has 2 aromatic carbocycles. The Morgan fingerprint density at radius 3 is 2.36 bits per heavy atom. The highest BCUT2D eigenvalue weighted by Gasteiger charge is 2.36. The summed E-state index contributed by atoms with van der Waals surface area (Å²) >= 11 is 0. The highest BCUT2D eigenvalue weighted by Crippen LogP contribution is 2.41. The first kappa shape index (κ1) is 26.1. The first-order valence-corrected chi connectivity index (χ1v) is 14.3. The minimum absolute atomic E-state index is 0.0109. The first-order valence-electron chi connectivity index (χ1n) is 11.3. The van der Waals surface area contributed by atoms with E-state index in [2.05, 4.69) is 5.10 Å². The van der Waals surface area contributed by atoms with Gasteiger partial charge in [-0.3, -0.25) is 4.79 Å². The number of aromatic nitrogens is 2. The van der Waals surface area contributed by atoms with Crippen LogP contribution in [-0.4, -0.2) is 45.3 Å². The van der Waals surface area contributed by atoms with Gasteiger partial charge in [0.15, 0.2) is 9.84 Å². The number of sulfone groups is 1. The summed E-state index contributed by atoms with van der Waals surface area (Å²) in [6.45, 7) is 6.73. The van der Waals surface area contributed by atoms with E-state index in [-0.39, 0.29) is 44.7 Å². The van der Waals surface area contributed by atoms with E-state index in [4.69, 9.17) is 8.92 Å². The number of rotatable bonds is 6. The number of hydrogen-bond donors (Lipinski definition) is 0. The molecule has 0 spiro atoms. The average molecular weight is 533 g/mol. The molecule has 1 aliphatic rings. The molecule has 36 heavy (non-hydrogen) atoms. The van der Waals surface area contributed by atoms with Crippen molar-refractivity contribution in [1.29, 1.82) is 0 Å². The molecule has 2 heterocycles. The lowest BCUT2D eigenvalue weighted by molar-refractivity contribution is 0.0951. The topological polar surface area (TPSA) is 122 Å². The molecule has 0 amide bonds. The molecule has 1 aromatic heterocycles. The summed E-state index contributed by atoms with van der Waals surface area (Å²) in [6, 6.07) is 7.68. The van der Waals surface area contributed by atoms with Gasteiger partial charge in [-0.25, -0.2) is 13.1 Å². The minimum Gasteiger partial charge on any atom is -0.377 e. The summed E-state index contributed by atoms with van der Waals surface area (Å²) < 4.78 is 63.9. The molecule has 0 radical (unpaired) electrons. The number of methoxy groups -OCH3 is 1. The number of aryl methyl sites for hydroxylation is 4. The molecule has 0 aliphatic carbocycles. The number of nitrogens with zero attached hydrogens (tertiary/aromatic N) is 2. The third-order valence-corrected chi connectivity index (χ3v) is 9.64. The number of ether oxygens (including phenoxy) is 1. The predicted octanol–water partition coefficient (Wildman–Crippen LogP) is 3.52. The van der Waals surface area contributed by atoms with Crippen LogP contribution in [0.3, 0.4) is 0 Å². The molecule has 9 nitrogen and oxygen atoms in total. The molecule has 4 rings (SSSR count). The average Bonchev–Trinajstić information content (AvgIpc) is 3.07. The normalized spacial score (nSPS) is 17.0. The van der Waals surface area contributed by atoms with Crippen LogP contribution >= 0.6 is 0 Å². The van der Waals surface area contributed by atoms with Crippen molar-refractivity contribution >= 4 is 25.7 Å². The van der Waals surface area contributed by atoms with Crippen molar-refractivity contribution in [2.75, 3.05) is 12.9 Å². The third kappa shape index (κ3) is 4.35. The summed E-state index contributed by atoms with van der Waals surface area (Å²) in [5, 5.41) is 4.23. The van der Waals surface area contributed by atoms with Gasteiger partial charge in [0.05, 0.1) is 22.4 Å². The fourth-order valence-corrected chi connectivity index (χ4v) is 7.55. The van der Waals surface area contributed by atoms with Crippen LogP contribution in [0.2, 0.25) is 0 Å². The zero-order chi connectivity index (χ0) is 26.6. The van der Waals surface area contributed by atoms with Crippen LogP contribution in [0.5, 0.6) is 5.88 Å². The van der Waals surface area contributed by atoms with E-state index in [0.29, 0.717) is 16.7 Å². The Hall–Kier alpha value is -3.02. The number of fused-ring (bicyclic) bond motifs is 1. The first-order chi connectivity index (χ1) is 16.8. The summed E-state index contributed by atoms with van der Waals surface area (Å²) in [5.74, 6) is -0.775. The van der Waals surface area contributed by atoms with Gasteiger partial charge in [0, 0.05) is 25.3 Å². The molecule has 1 atom stereocenters. The fraction of sp³-hybridized carbons (Fsp3) is 0.360. The molecule has 1 unspecified atom stereocenters. The van der Waals surface area contributed by atoms with Crippen LogP contribution in [0.15, 0.2) is 40.1 Å². The van der Waals surface area contributed by atoms with Crippen molar-refractivity contribution in [2.45, 2.75) is 50.0 Å². The van der Waals surface area contributed by atoms with Crippen molar-refractivity contribution in [3.8, 4) is 5.88 Å². The van der Waals surface area contributed by atoms with Crippen molar-refractivity contribution < 1.29 is 30.6 Å². The van der Waals surface area contributed by atoms with E-state index in [0.717, 1.165) is 5.56 Å². The number of ketones is 1. The molecular formula is C25H28N2O7S2. The van der Waals surface area contributed by atoms with Crippen LogP contribution in [0.25, 0.3) is 0 Å². The van der Waals surface area contributed by atoms with E-state index in [9.17, 15) is 21.6 Å². The Morgan fingerprint density at radius 1 is 1.11 bits per heavy atom. The quantitative estimate of drug-likeness (QED) is 0.349. The lowest BCUT2D eigenvalue weighted by Gasteiger charge is -2.28. The lowest BCUT2D eigenvalue weighted by atomic mass is 9.90. The smallest absolute Gasteiger partial charge is 0.340 e. The summed E-state index contributed by atoms with van der Waals surface area (Å²) in [5.41, 5.74) is 2.74. The Bertz CT molecular complexity index is 1590. The van der Waals surface area contributed by atoms with Crippen LogP contribution in [0.4, 0.5) is 0 Å². The zero-order valence-electron chi connectivity index (χ0n) is 20.9. The van der Waals surface area contributed by atoms with Gasteiger partial charge in [0.2, 0.25) is 11.7 Å². The van der Waals surface area contributed by atoms with Crippen LogP contribution in [0, 0.1) is 27.7 Å². The minimum atomic E-state index is -4.25. The third-order valence-electron chi connectivity index (χ3n) is 6.48. The number of benzene rings is 2. The monoisotopic (exact) mass is 532 g/mol. The van der Waals surface area contributed by atoms with E-state index >= 15 is 0 Å². The molecule has 0 bridgehead atoms. The fourth-order valence-electron chi connectivity index (χ4n) is 4.68. The van der Waals surface area contributed by atoms with Gasteiger partial charge in [0.1, 0.15) is 10.5 Å². The summed E-state index contributed by atoms with van der Waals surface area (Å²) in [6.07, 6.45) is -0.207. The zero-order valence-corrected chi connectivity index (χ0v) is 22.6. The second-order valence-corrected chi connectivity index (χ2v) is 12.6. The van der Waals surface area contributed by atoms with E-state index < -0.39 is 31.8 Å². The molecule has 192 valence electrons. The van der Waals surface area contributed by atoms with Gasteiger partial charge in [-0.2, -0.15) is 13.5 Å². The van der Waals surface area contributed by atoms with Gasteiger partial charge in [-0.15, -0.1) is 0 Å². The molecule has 0 saturated carbocycles.